The molecule has 0 heterocycles. The fourth-order valence-electron chi connectivity index (χ4n) is 1.77. The molecular formula is C15H16FNO. The first-order valence-corrected chi connectivity index (χ1v) is 5.82. The van der Waals surface area contributed by atoms with Crippen LogP contribution in [-0.4, -0.2) is 7.11 Å². The van der Waals surface area contributed by atoms with E-state index in [2.05, 4.69) is 5.32 Å². The number of benzene rings is 2. The molecule has 0 atom stereocenters. The minimum atomic E-state index is -0.274. The topological polar surface area (TPSA) is 21.3 Å². The Balaban J connectivity index is 2.13. The van der Waals surface area contributed by atoms with Gasteiger partial charge in [-0.1, -0.05) is 24.3 Å². The molecule has 1 N–H and O–H groups in total. The number of hydrogen-bond donors (Lipinski definition) is 1. The Hall–Kier alpha value is -2.03. The third-order valence-corrected chi connectivity index (χ3v) is 2.90. The van der Waals surface area contributed by atoms with E-state index >= 15 is 0 Å². The molecule has 2 aromatic rings. The first-order chi connectivity index (χ1) is 8.70. The Morgan fingerprint density at radius 1 is 1.17 bits per heavy atom. The monoisotopic (exact) mass is 245 g/mol. The molecule has 0 amide bonds. The van der Waals surface area contributed by atoms with Gasteiger partial charge in [0.1, 0.15) is 11.6 Å². The zero-order valence-corrected chi connectivity index (χ0v) is 10.5. The second-order valence-electron chi connectivity index (χ2n) is 4.13. The van der Waals surface area contributed by atoms with Crippen LogP contribution in [0.5, 0.6) is 5.75 Å². The maximum Gasteiger partial charge on any atom is 0.146 e. The maximum atomic E-state index is 13.6. The fourth-order valence-corrected chi connectivity index (χ4v) is 1.77. The van der Waals surface area contributed by atoms with Crippen LogP contribution < -0.4 is 10.1 Å². The van der Waals surface area contributed by atoms with Crippen LogP contribution in [0.3, 0.4) is 0 Å². The van der Waals surface area contributed by atoms with E-state index in [0.29, 0.717) is 18.0 Å². The molecule has 94 valence electrons. The average Bonchev–Trinajstić information content (AvgIpc) is 2.39. The predicted molar refractivity (Wildman–Crippen MR) is 71.5 cm³/mol. The molecule has 0 saturated heterocycles. The van der Waals surface area contributed by atoms with Gasteiger partial charge in [0.2, 0.25) is 0 Å². The van der Waals surface area contributed by atoms with E-state index in [4.69, 9.17) is 4.74 Å². The van der Waals surface area contributed by atoms with Crippen molar-refractivity contribution >= 4 is 5.69 Å². The van der Waals surface area contributed by atoms with Crippen LogP contribution in [-0.2, 0) is 6.54 Å². The SMILES string of the molecule is COc1ccc(F)c(NCc2ccccc2C)c1. The summed E-state index contributed by atoms with van der Waals surface area (Å²) in [7, 11) is 1.57. The van der Waals surface area contributed by atoms with Crippen LogP contribution in [0.2, 0.25) is 0 Å². The molecule has 0 aliphatic rings. The fraction of sp³-hybridized carbons (Fsp3) is 0.200. The molecule has 0 saturated carbocycles. The second-order valence-corrected chi connectivity index (χ2v) is 4.13. The smallest absolute Gasteiger partial charge is 0.146 e. The summed E-state index contributed by atoms with van der Waals surface area (Å²) in [6, 6.07) is 12.7. The molecule has 0 unspecified atom stereocenters. The molecular weight excluding hydrogens is 229 g/mol. The van der Waals surface area contributed by atoms with E-state index in [1.54, 1.807) is 19.2 Å². The Kier molecular flexibility index (Phi) is 3.82. The van der Waals surface area contributed by atoms with Gasteiger partial charge in [0, 0.05) is 12.6 Å². The highest BCUT2D eigenvalue weighted by Crippen LogP contribution is 2.22. The standard InChI is InChI=1S/C15H16FNO/c1-11-5-3-4-6-12(11)10-17-15-9-13(18-2)7-8-14(15)16/h3-9,17H,10H2,1-2H3. The maximum absolute atomic E-state index is 13.6. The highest BCUT2D eigenvalue weighted by molar-refractivity contribution is 5.50. The van der Waals surface area contributed by atoms with Crippen molar-refractivity contribution < 1.29 is 9.13 Å². The van der Waals surface area contributed by atoms with Crippen molar-refractivity contribution in [3.8, 4) is 5.75 Å². The van der Waals surface area contributed by atoms with Gasteiger partial charge in [0.25, 0.3) is 0 Å². The van der Waals surface area contributed by atoms with Gasteiger partial charge in [-0.15, -0.1) is 0 Å². The van der Waals surface area contributed by atoms with Crippen LogP contribution in [0.25, 0.3) is 0 Å². The summed E-state index contributed by atoms with van der Waals surface area (Å²) in [5.41, 5.74) is 2.80. The Labute approximate surface area is 106 Å². The molecule has 2 aromatic carbocycles. The average molecular weight is 245 g/mol. The second kappa shape index (κ2) is 5.54. The molecule has 0 fully saturated rings. The molecule has 0 bridgehead atoms. The Morgan fingerprint density at radius 3 is 2.67 bits per heavy atom. The number of hydrogen-bond acceptors (Lipinski definition) is 2. The van der Waals surface area contributed by atoms with Gasteiger partial charge in [-0.3, -0.25) is 0 Å². The number of ether oxygens (including phenoxy) is 1. The molecule has 2 nitrogen and oxygen atoms in total. The van der Waals surface area contributed by atoms with Crippen LogP contribution in [0.4, 0.5) is 10.1 Å². The van der Waals surface area contributed by atoms with Gasteiger partial charge in [-0.05, 0) is 30.2 Å². The lowest BCUT2D eigenvalue weighted by Crippen LogP contribution is -2.03. The summed E-state index contributed by atoms with van der Waals surface area (Å²) >= 11 is 0. The minimum Gasteiger partial charge on any atom is -0.497 e. The van der Waals surface area contributed by atoms with E-state index < -0.39 is 0 Å². The third kappa shape index (κ3) is 2.80. The van der Waals surface area contributed by atoms with Crippen LogP contribution in [0, 0.1) is 12.7 Å². The van der Waals surface area contributed by atoms with Gasteiger partial charge in [-0.2, -0.15) is 0 Å². The lowest BCUT2D eigenvalue weighted by molar-refractivity contribution is 0.414. The predicted octanol–water partition coefficient (Wildman–Crippen LogP) is 3.75. The molecule has 3 heteroatoms. The van der Waals surface area contributed by atoms with E-state index in [1.165, 1.54) is 11.6 Å². The minimum absolute atomic E-state index is 0.274. The molecule has 0 radical (unpaired) electrons. The van der Waals surface area contributed by atoms with E-state index in [-0.39, 0.29) is 5.82 Å². The van der Waals surface area contributed by atoms with Crippen molar-refractivity contribution in [3.63, 3.8) is 0 Å². The summed E-state index contributed by atoms with van der Waals surface area (Å²) in [6.45, 7) is 2.63. The number of rotatable bonds is 4. The number of anilines is 1. The van der Waals surface area contributed by atoms with Gasteiger partial charge >= 0.3 is 0 Å². The highest BCUT2D eigenvalue weighted by Gasteiger charge is 2.04. The van der Waals surface area contributed by atoms with Gasteiger partial charge < -0.3 is 10.1 Å². The van der Waals surface area contributed by atoms with Crippen LogP contribution in [0.15, 0.2) is 42.5 Å². The van der Waals surface area contributed by atoms with E-state index in [1.807, 2.05) is 31.2 Å². The Morgan fingerprint density at radius 2 is 1.94 bits per heavy atom. The van der Waals surface area contributed by atoms with E-state index in [0.717, 1.165) is 5.56 Å². The molecule has 18 heavy (non-hydrogen) atoms. The molecule has 0 aromatic heterocycles. The lowest BCUT2D eigenvalue weighted by atomic mass is 10.1. The van der Waals surface area contributed by atoms with Crippen molar-refractivity contribution in [1.82, 2.24) is 0 Å². The zero-order valence-electron chi connectivity index (χ0n) is 10.5. The largest absolute Gasteiger partial charge is 0.497 e. The summed E-state index contributed by atoms with van der Waals surface area (Å²) in [6.07, 6.45) is 0. The quantitative estimate of drug-likeness (QED) is 0.885. The van der Waals surface area contributed by atoms with Crippen molar-refractivity contribution in [1.29, 1.82) is 0 Å². The van der Waals surface area contributed by atoms with Gasteiger partial charge in [-0.25, -0.2) is 4.39 Å². The molecule has 0 aliphatic heterocycles. The first-order valence-electron chi connectivity index (χ1n) is 5.82. The van der Waals surface area contributed by atoms with E-state index in [9.17, 15) is 4.39 Å². The summed E-state index contributed by atoms with van der Waals surface area (Å²) < 4.78 is 18.7. The highest BCUT2D eigenvalue weighted by atomic mass is 19.1. The third-order valence-electron chi connectivity index (χ3n) is 2.90. The van der Waals surface area contributed by atoms with Crippen molar-refractivity contribution in [2.75, 3.05) is 12.4 Å². The van der Waals surface area contributed by atoms with Gasteiger partial charge in [0.05, 0.1) is 12.8 Å². The summed E-state index contributed by atoms with van der Waals surface area (Å²) in [4.78, 5) is 0. The molecule has 2 rings (SSSR count). The number of halogens is 1. The van der Waals surface area contributed by atoms with Gasteiger partial charge in [0.15, 0.2) is 0 Å². The van der Waals surface area contributed by atoms with Crippen molar-refractivity contribution in [3.05, 3.63) is 59.4 Å². The lowest BCUT2D eigenvalue weighted by Gasteiger charge is -2.11. The number of nitrogens with one attached hydrogen (secondary N) is 1. The normalized spacial score (nSPS) is 10.2. The summed E-state index contributed by atoms with van der Waals surface area (Å²) in [5.74, 6) is 0.369. The first kappa shape index (κ1) is 12.4. The number of methoxy groups -OCH3 is 1. The van der Waals surface area contributed by atoms with Crippen LogP contribution in [0.1, 0.15) is 11.1 Å². The molecule has 0 aliphatic carbocycles. The van der Waals surface area contributed by atoms with Crippen molar-refractivity contribution in [2.45, 2.75) is 13.5 Å². The van der Waals surface area contributed by atoms with Crippen molar-refractivity contribution in [2.24, 2.45) is 0 Å². The molecule has 0 spiro atoms. The summed E-state index contributed by atoms with van der Waals surface area (Å²) in [5, 5.41) is 3.09. The zero-order chi connectivity index (χ0) is 13.0. The Bertz CT molecular complexity index is 540. The van der Waals surface area contributed by atoms with Crippen LogP contribution >= 0.6 is 0 Å². The number of aryl methyl sites for hydroxylation is 1.